The predicted octanol–water partition coefficient (Wildman–Crippen LogP) is 0.664. The van der Waals surface area contributed by atoms with Crippen LogP contribution in [0.1, 0.15) is 0 Å². The molecule has 17 heavy (non-hydrogen) atoms. The Labute approximate surface area is 103 Å². The van der Waals surface area contributed by atoms with Crippen LogP contribution in [0, 0.1) is 0 Å². The van der Waals surface area contributed by atoms with Crippen LogP contribution in [0.4, 0.5) is 5.82 Å². The molecule has 2 aromatic heterocycles. The zero-order valence-electron chi connectivity index (χ0n) is 8.70. The zero-order valence-corrected chi connectivity index (χ0v) is 10.3. The van der Waals surface area contributed by atoms with Gasteiger partial charge in [-0.05, 0) is 12.1 Å². The Balaban J connectivity index is 2.35. The Morgan fingerprint density at radius 2 is 2.24 bits per heavy atom. The number of nitrogens with one attached hydrogen (secondary N) is 1. The van der Waals surface area contributed by atoms with E-state index in [1.165, 1.54) is 23.2 Å². The van der Waals surface area contributed by atoms with E-state index in [2.05, 4.69) is 19.9 Å². The molecule has 0 amide bonds. The highest BCUT2D eigenvalue weighted by molar-refractivity contribution is 7.92. The van der Waals surface area contributed by atoms with Crippen molar-refractivity contribution in [2.24, 2.45) is 7.05 Å². The van der Waals surface area contributed by atoms with Gasteiger partial charge in [-0.1, -0.05) is 11.6 Å². The van der Waals surface area contributed by atoms with Crippen molar-refractivity contribution in [3.8, 4) is 0 Å². The van der Waals surface area contributed by atoms with Gasteiger partial charge in [-0.2, -0.15) is 13.5 Å². The van der Waals surface area contributed by atoms with Crippen LogP contribution < -0.4 is 4.72 Å². The van der Waals surface area contributed by atoms with Gasteiger partial charge in [0.15, 0.2) is 5.82 Å². The summed E-state index contributed by atoms with van der Waals surface area (Å²) in [5, 5.41) is 6.95. The lowest BCUT2D eigenvalue weighted by Gasteiger charge is -2.04. The maximum atomic E-state index is 11.9. The van der Waals surface area contributed by atoms with Gasteiger partial charge in [0.25, 0.3) is 10.0 Å². The average Bonchev–Trinajstić information content (AvgIpc) is 2.61. The Morgan fingerprint density at radius 3 is 2.76 bits per heavy atom. The van der Waals surface area contributed by atoms with E-state index in [4.69, 9.17) is 11.6 Å². The number of hydrogen-bond acceptors (Lipinski definition) is 5. The first-order chi connectivity index (χ1) is 8.00. The lowest BCUT2D eigenvalue weighted by atomic mass is 10.6. The Kier molecular flexibility index (Phi) is 2.99. The van der Waals surface area contributed by atoms with E-state index >= 15 is 0 Å². The average molecular weight is 274 g/mol. The van der Waals surface area contributed by atoms with Crippen LogP contribution in [0.3, 0.4) is 0 Å². The summed E-state index contributed by atoms with van der Waals surface area (Å²) in [5.74, 6) is 0.106. The van der Waals surface area contributed by atoms with Crippen molar-refractivity contribution in [1.82, 2.24) is 19.7 Å². The first kappa shape index (κ1) is 11.8. The van der Waals surface area contributed by atoms with E-state index in [1.54, 1.807) is 13.1 Å². The Morgan fingerprint density at radius 1 is 1.47 bits per heavy atom. The number of hydrogen-bond donors (Lipinski definition) is 1. The van der Waals surface area contributed by atoms with Gasteiger partial charge in [-0.15, -0.1) is 5.10 Å². The molecule has 0 spiro atoms. The monoisotopic (exact) mass is 273 g/mol. The third-order valence-electron chi connectivity index (χ3n) is 1.90. The van der Waals surface area contributed by atoms with Crippen molar-refractivity contribution in [3.63, 3.8) is 0 Å². The molecule has 0 aliphatic heterocycles. The minimum atomic E-state index is -3.84. The topological polar surface area (TPSA) is 89.8 Å². The molecular weight excluding hydrogens is 266 g/mol. The second-order valence-electron chi connectivity index (χ2n) is 3.17. The number of anilines is 1. The number of nitrogens with zero attached hydrogens (tertiary/aromatic N) is 4. The fourth-order valence-corrected chi connectivity index (χ4v) is 2.55. The fraction of sp³-hybridized carbons (Fsp3) is 0.125. The highest BCUT2D eigenvalue weighted by Gasteiger charge is 2.22. The van der Waals surface area contributed by atoms with Gasteiger partial charge in [0.1, 0.15) is 5.15 Å². The SMILES string of the molecule is Cn1cnc(S(=O)(=O)Nc2cccnn2)c1Cl. The van der Waals surface area contributed by atoms with E-state index < -0.39 is 10.0 Å². The number of sulfonamides is 1. The molecule has 0 aliphatic rings. The second-order valence-corrected chi connectivity index (χ2v) is 5.12. The quantitative estimate of drug-likeness (QED) is 0.887. The number of aryl methyl sites for hydroxylation is 1. The predicted molar refractivity (Wildman–Crippen MR) is 61.1 cm³/mol. The summed E-state index contributed by atoms with van der Waals surface area (Å²) in [5.41, 5.74) is 0. The molecule has 0 aromatic carbocycles. The highest BCUT2D eigenvalue weighted by atomic mass is 35.5. The molecule has 0 bridgehead atoms. The third kappa shape index (κ3) is 2.37. The molecule has 0 saturated carbocycles. The van der Waals surface area contributed by atoms with Gasteiger partial charge in [0.2, 0.25) is 5.03 Å². The second kappa shape index (κ2) is 4.30. The van der Waals surface area contributed by atoms with Crippen molar-refractivity contribution in [3.05, 3.63) is 29.8 Å². The highest BCUT2D eigenvalue weighted by Crippen LogP contribution is 2.20. The third-order valence-corrected chi connectivity index (χ3v) is 3.74. The number of aromatic nitrogens is 4. The normalized spacial score (nSPS) is 11.4. The summed E-state index contributed by atoms with van der Waals surface area (Å²) in [4.78, 5) is 3.72. The van der Waals surface area contributed by atoms with Gasteiger partial charge >= 0.3 is 0 Å². The summed E-state index contributed by atoms with van der Waals surface area (Å²) >= 11 is 5.80. The lowest BCUT2D eigenvalue weighted by Crippen LogP contribution is -2.15. The van der Waals surface area contributed by atoms with Gasteiger partial charge < -0.3 is 4.57 Å². The molecule has 9 heteroatoms. The van der Waals surface area contributed by atoms with Gasteiger partial charge in [-0.25, -0.2) is 4.98 Å². The summed E-state index contributed by atoms with van der Waals surface area (Å²) in [7, 11) is -2.25. The van der Waals surface area contributed by atoms with E-state index in [1.807, 2.05) is 0 Å². The summed E-state index contributed by atoms with van der Waals surface area (Å²) in [6.07, 6.45) is 2.75. The van der Waals surface area contributed by atoms with Crippen LogP contribution in [-0.2, 0) is 17.1 Å². The molecule has 0 fully saturated rings. The standard InChI is InChI=1S/C8H8ClN5O2S/c1-14-5-10-8(7(14)9)17(15,16)13-6-3-2-4-11-12-6/h2-5H,1H3,(H,12,13). The molecular formula is C8H8ClN5O2S. The Bertz CT molecular complexity index is 625. The van der Waals surface area contributed by atoms with Crippen molar-refractivity contribution in [2.75, 3.05) is 4.72 Å². The molecule has 0 unspecified atom stereocenters. The molecule has 0 aliphatic carbocycles. The minimum Gasteiger partial charge on any atom is -0.324 e. The van der Waals surface area contributed by atoms with Crippen molar-refractivity contribution in [2.45, 2.75) is 5.03 Å². The summed E-state index contributed by atoms with van der Waals surface area (Å²) in [6.45, 7) is 0. The largest absolute Gasteiger partial charge is 0.324 e. The molecule has 1 N–H and O–H groups in total. The molecule has 0 atom stereocenters. The van der Waals surface area contributed by atoms with Gasteiger partial charge in [-0.3, -0.25) is 4.72 Å². The van der Waals surface area contributed by atoms with Crippen LogP contribution in [0.5, 0.6) is 0 Å². The number of imidazole rings is 1. The molecule has 2 aromatic rings. The van der Waals surface area contributed by atoms with E-state index in [0.717, 1.165) is 0 Å². The van der Waals surface area contributed by atoms with Gasteiger partial charge in [0, 0.05) is 13.2 Å². The van der Waals surface area contributed by atoms with Crippen LogP contribution in [0.15, 0.2) is 29.7 Å². The molecule has 90 valence electrons. The van der Waals surface area contributed by atoms with Crippen LogP contribution in [0.2, 0.25) is 5.15 Å². The fourth-order valence-electron chi connectivity index (χ4n) is 1.12. The van der Waals surface area contributed by atoms with E-state index in [9.17, 15) is 8.42 Å². The smallest absolute Gasteiger partial charge is 0.283 e. The molecule has 0 saturated heterocycles. The van der Waals surface area contributed by atoms with Crippen molar-refractivity contribution in [1.29, 1.82) is 0 Å². The van der Waals surface area contributed by atoms with E-state index in [0.29, 0.717) is 0 Å². The first-order valence-corrected chi connectivity index (χ1v) is 6.34. The minimum absolute atomic E-state index is 0.0291. The molecule has 2 heterocycles. The van der Waals surface area contributed by atoms with Crippen LogP contribution in [-0.4, -0.2) is 28.2 Å². The molecule has 2 rings (SSSR count). The first-order valence-electron chi connectivity index (χ1n) is 4.48. The lowest BCUT2D eigenvalue weighted by molar-refractivity contribution is 0.598. The van der Waals surface area contributed by atoms with Crippen LogP contribution >= 0.6 is 11.6 Å². The van der Waals surface area contributed by atoms with Crippen molar-refractivity contribution < 1.29 is 8.42 Å². The molecule has 7 nitrogen and oxygen atoms in total. The Hall–Kier alpha value is -1.67. The molecule has 0 radical (unpaired) electrons. The summed E-state index contributed by atoms with van der Waals surface area (Å²) in [6, 6.07) is 3.03. The number of halogens is 1. The zero-order chi connectivity index (χ0) is 12.5. The van der Waals surface area contributed by atoms with Gasteiger partial charge in [0.05, 0.1) is 6.33 Å². The maximum absolute atomic E-state index is 11.9. The maximum Gasteiger partial charge on any atom is 0.283 e. The summed E-state index contributed by atoms with van der Waals surface area (Å²) < 4.78 is 27.4. The van der Waals surface area contributed by atoms with E-state index in [-0.39, 0.29) is 16.0 Å². The van der Waals surface area contributed by atoms with Crippen molar-refractivity contribution >= 4 is 27.4 Å². The number of rotatable bonds is 3. The van der Waals surface area contributed by atoms with Crippen LogP contribution in [0.25, 0.3) is 0 Å².